The van der Waals surface area contributed by atoms with Crippen LogP contribution in [0.5, 0.6) is 0 Å². The maximum atomic E-state index is 12.3. The molecular formula is C21H18BrN5O2. The molecule has 29 heavy (non-hydrogen) atoms. The van der Waals surface area contributed by atoms with Crippen molar-refractivity contribution in [2.45, 2.75) is 20.4 Å². The van der Waals surface area contributed by atoms with Crippen LogP contribution in [-0.4, -0.2) is 25.8 Å². The van der Waals surface area contributed by atoms with E-state index < -0.39 is 5.91 Å². The number of aryl methyl sites for hydroxylation is 2. The first-order valence-corrected chi connectivity index (χ1v) is 9.79. The van der Waals surface area contributed by atoms with Crippen LogP contribution in [0.25, 0.3) is 17.1 Å². The van der Waals surface area contributed by atoms with Crippen LogP contribution in [0.3, 0.4) is 0 Å². The average Bonchev–Trinajstić information content (AvgIpc) is 3.35. The number of halogens is 1. The van der Waals surface area contributed by atoms with E-state index in [1.54, 1.807) is 4.68 Å². The molecule has 146 valence electrons. The number of rotatable bonds is 5. The number of nitrogens with zero attached hydrogens (tertiary/aromatic N) is 4. The number of nitrogens with one attached hydrogen (secondary N) is 1. The molecule has 1 N–H and O–H groups in total. The highest BCUT2D eigenvalue weighted by Gasteiger charge is 2.19. The van der Waals surface area contributed by atoms with Crippen molar-refractivity contribution in [3.8, 4) is 17.1 Å². The van der Waals surface area contributed by atoms with Crippen LogP contribution < -0.4 is 5.32 Å². The molecule has 0 atom stereocenters. The van der Waals surface area contributed by atoms with Crippen LogP contribution in [0.4, 0.5) is 0 Å². The number of benzene rings is 2. The molecule has 2 heterocycles. The molecule has 0 saturated heterocycles. The molecule has 4 aromatic rings. The Balaban J connectivity index is 1.49. The van der Waals surface area contributed by atoms with Gasteiger partial charge in [-0.1, -0.05) is 50.9 Å². The quantitative estimate of drug-likeness (QED) is 0.490. The highest BCUT2D eigenvalue weighted by atomic mass is 79.9. The predicted octanol–water partition coefficient (Wildman–Crippen LogP) is 4.23. The summed E-state index contributed by atoms with van der Waals surface area (Å²) >= 11 is 3.42. The van der Waals surface area contributed by atoms with Crippen molar-refractivity contribution in [3.05, 3.63) is 81.9 Å². The van der Waals surface area contributed by atoms with Crippen LogP contribution in [0, 0.1) is 13.8 Å². The van der Waals surface area contributed by atoms with Crippen molar-refractivity contribution in [1.82, 2.24) is 25.2 Å². The van der Waals surface area contributed by atoms with Crippen LogP contribution in [0.2, 0.25) is 0 Å². The van der Waals surface area contributed by atoms with Crippen molar-refractivity contribution >= 4 is 21.8 Å². The number of amides is 1. The fourth-order valence-corrected chi connectivity index (χ4v) is 3.06. The van der Waals surface area contributed by atoms with Crippen molar-refractivity contribution in [3.63, 3.8) is 0 Å². The Morgan fingerprint density at radius 2 is 1.83 bits per heavy atom. The monoisotopic (exact) mass is 451 g/mol. The van der Waals surface area contributed by atoms with E-state index in [0.717, 1.165) is 21.4 Å². The van der Waals surface area contributed by atoms with E-state index in [1.165, 1.54) is 5.56 Å². The van der Waals surface area contributed by atoms with Crippen molar-refractivity contribution in [1.29, 1.82) is 0 Å². The summed E-state index contributed by atoms with van der Waals surface area (Å²) in [5.41, 5.74) is 4.51. The maximum Gasteiger partial charge on any atom is 0.316 e. The minimum atomic E-state index is -0.415. The minimum Gasteiger partial charge on any atom is -0.344 e. The first-order valence-electron chi connectivity index (χ1n) is 8.99. The molecule has 0 aliphatic carbocycles. The van der Waals surface area contributed by atoms with Gasteiger partial charge in [-0.05, 0) is 43.7 Å². The van der Waals surface area contributed by atoms with Gasteiger partial charge in [0.05, 0.1) is 16.9 Å². The van der Waals surface area contributed by atoms with Gasteiger partial charge >= 0.3 is 11.8 Å². The largest absolute Gasteiger partial charge is 0.344 e. The molecule has 8 heteroatoms. The van der Waals surface area contributed by atoms with E-state index >= 15 is 0 Å². The van der Waals surface area contributed by atoms with Gasteiger partial charge < -0.3 is 9.84 Å². The maximum absolute atomic E-state index is 12.3. The smallest absolute Gasteiger partial charge is 0.316 e. The second-order valence-electron chi connectivity index (χ2n) is 6.64. The summed E-state index contributed by atoms with van der Waals surface area (Å²) in [6.07, 6.45) is 1.82. The Hall–Kier alpha value is -3.26. The standard InChI is InChI=1S/C21H18BrN5O2/c1-13-3-5-15(6-4-13)11-23-20(28)21-24-19(26-29-21)18-12-27(25-14(18)2)17-9-7-16(22)8-10-17/h3-10,12H,11H2,1-2H3,(H,23,28). The van der Waals surface area contributed by atoms with Crippen molar-refractivity contribution in [2.75, 3.05) is 0 Å². The molecule has 7 nitrogen and oxygen atoms in total. The lowest BCUT2D eigenvalue weighted by molar-refractivity contribution is 0.0907. The van der Waals surface area contributed by atoms with Crippen LogP contribution in [0.1, 0.15) is 27.5 Å². The molecule has 4 rings (SSSR count). The zero-order valence-corrected chi connectivity index (χ0v) is 17.5. The molecule has 0 unspecified atom stereocenters. The van der Waals surface area contributed by atoms with Gasteiger partial charge in [0.15, 0.2) is 0 Å². The third-order valence-corrected chi connectivity index (χ3v) is 4.95. The Morgan fingerprint density at radius 1 is 1.10 bits per heavy atom. The Morgan fingerprint density at radius 3 is 2.55 bits per heavy atom. The molecule has 0 saturated carbocycles. The lowest BCUT2D eigenvalue weighted by atomic mass is 10.1. The molecule has 1 amide bonds. The van der Waals surface area contributed by atoms with Gasteiger partial charge in [-0.15, -0.1) is 0 Å². The lowest BCUT2D eigenvalue weighted by Crippen LogP contribution is -2.23. The highest BCUT2D eigenvalue weighted by Crippen LogP contribution is 2.22. The highest BCUT2D eigenvalue weighted by molar-refractivity contribution is 9.10. The molecule has 0 radical (unpaired) electrons. The Kier molecular flexibility index (Phi) is 5.26. The average molecular weight is 452 g/mol. The number of hydrogen-bond donors (Lipinski definition) is 1. The van der Waals surface area contributed by atoms with E-state index in [9.17, 15) is 4.79 Å². The molecule has 0 fully saturated rings. The van der Waals surface area contributed by atoms with Crippen molar-refractivity contribution < 1.29 is 9.32 Å². The normalized spacial score (nSPS) is 10.9. The summed E-state index contributed by atoms with van der Waals surface area (Å²) in [6.45, 7) is 4.26. The fourth-order valence-electron chi connectivity index (χ4n) is 2.79. The number of hydrogen-bond acceptors (Lipinski definition) is 5. The van der Waals surface area contributed by atoms with Gasteiger partial charge in [-0.2, -0.15) is 10.1 Å². The van der Waals surface area contributed by atoms with E-state index in [2.05, 4.69) is 36.5 Å². The number of aromatic nitrogens is 4. The lowest BCUT2D eigenvalue weighted by Gasteiger charge is -2.02. The van der Waals surface area contributed by atoms with E-state index in [-0.39, 0.29) is 5.89 Å². The third kappa shape index (κ3) is 4.27. The van der Waals surface area contributed by atoms with Crippen LogP contribution >= 0.6 is 15.9 Å². The van der Waals surface area contributed by atoms with Gasteiger partial charge in [0.1, 0.15) is 0 Å². The first-order chi connectivity index (χ1) is 14.0. The topological polar surface area (TPSA) is 85.8 Å². The Labute approximate surface area is 175 Å². The summed E-state index contributed by atoms with van der Waals surface area (Å²) in [5.74, 6) is -0.170. The second-order valence-corrected chi connectivity index (χ2v) is 7.56. The van der Waals surface area contributed by atoms with E-state index in [0.29, 0.717) is 17.9 Å². The van der Waals surface area contributed by atoms with Gasteiger partial charge in [0, 0.05) is 17.2 Å². The van der Waals surface area contributed by atoms with Gasteiger partial charge in [-0.3, -0.25) is 4.79 Å². The Bertz CT molecular complexity index is 1150. The van der Waals surface area contributed by atoms with Crippen molar-refractivity contribution in [2.24, 2.45) is 0 Å². The van der Waals surface area contributed by atoms with E-state index in [1.807, 2.05) is 68.6 Å². The zero-order chi connectivity index (χ0) is 20.4. The number of carbonyl (C=O) groups excluding carboxylic acids is 1. The molecule has 0 spiro atoms. The molecule has 2 aromatic carbocycles. The zero-order valence-electron chi connectivity index (χ0n) is 15.9. The van der Waals surface area contributed by atoms with E-state index in [4.69, 9.17) is 4.52 Å². The molecule has 0 aliphatic heterocycles. The molecular weight excluding hydrogens is 434 g/mol. The van der Waals surface area contributed by atoms with Crippen LogP contribution in [0.15, 0.2) is 63.7 Å². The second kappa shape index (κ2) is 8.00. The molecule has 0 aliphatic rings. The summed E-state index contributed by atoms with van der Waals surface area (Å²) < 4.78 is 7.89. The third-order valence-electron chi connectivity index (χ3n) is 4.42. The minimum absolute atomic E-state index is 0.0806. The van der Waals surface area contributed by atoms with Gasteiger partial charge in [-0.25, -0.2) is 4.68 Å². The van der Waals surface area contributed by atoms with Gasteiger partial charge in [0.25, 0.3) is 0 Å². The summed E-state index contributed by atoms with van der Waals surface area (Å²) in [4.78, 5) is 16.6. The fraction of sp³-hybridized carbons (Fsp3) is 0.143. The molecule has 2 aromatic heterocycles. The van der Waals surface area contributed by atoms with Gasteiger partial charge in [0.2, 0.25) is 5.82 Å². The summed E-state index contributed by atoms with van der Waals surface area (Å²) in [7, 11) is 0. The first kappa shape index (κ1) is 19.1. The summed E-state index contributed by atoms with van der Waals surface area (Å²) in [6, 6.07) is 15.7. The van der Waals surface area contributed by atoms with Crippen LogP contribution in [-0.2, 0) is 6.54 Å². The number of carbonyl (C=O) groups is 1. The summed E-state index contributed by atoms with van der Waals surface area (Å²) in [5, 5.41) is 11.2. The predicted molar refractivity (Wildman–Crippen MR) is 112 cm³/mol. The SMILES string of the molecule is Cc1ccc(CNC(=O)c2nc(-c3cn(-c4ccc(Br)cc4)nc3C)no2)cc1. The molecule has 0 bridgehead atoms.